The summed E-state index contributed by atoms with van der Waals surface area (Å²) in [6, 6.07) is 10.2. The fourth-order valence-electron chi connectivity index (χ4n) is 1.58. The normalized spacial score (nSPS) is 11.1. The van der Waals surface area contributed by atoms with Crippen LogP contribution in [0.1, 0.15) is 5.69 Å². The second-order valence-electron chi connectivity index (χ2n) is 4.31. The smallest absolute Gasteiger partial charge is 0.229 e. The van der Waals surface area contributed by atoms with Gasteiger partial charge in [0.15, 0.2) is 0 Å². The molecule has 20 heavy (non-hydrogen) atoms. The third-order valence-electron chi connectivity index (χ3n) is 2.47. The van der Waals surface area contributed by atoms with E-state index in [1.807, 2.05) is 0 Å². The van der Waals surface area contributed by atoms with E-state index < -0.39 is 10.0 Å². The van der Waals surface area contributed by atoms with Crippen molar-refractivity contribution in [2.75, 3.05) is 16.3 Å². The van der Waals surface area contributed by atoms with E-state index in [2.05, 4.69) is 15.0 Å². The predicted molar refractivity (Wildman–Crippen MR) is 78.1 cm³/mol. The molecule has 0 aliphatic carbocycles. The molecule has 7 heteroatoms. The highest BCUT2D eigenvalue weighted by Gasteiger charge is 2.01. The Hall–Kier alpha value is -2.28. The molecule has 3 N–H and O–H groups in total. The SMILES string of the molecule is CS(=O)(=O)Nc1ccc(NCc2ccc(O)cn2)cc1. The van der Waals surface area contributed by atoms with E-state index in [9.17, 15) is 8.42 Å². The minimum absolute atomic E-state index is 0.130. The monoisotopic (exact) mass is 293 g/mol. The van der Waals surface area contributed by atoms with Gasteiger partial charge < -0.3 is 10.4 Å². The standard InChI is InChI=1S/C13H15N3O3S/c1-20(18,19)16-11-4-2-10(3-5-11)14-8-12-6-7-13(17)9-15-12/h2-7,9,14,16-17H,8H2,1H3. The molecule has 0 aliphatic rings. The molecule has 0 fully saturated rings. The molecule has 1 aromatic heterocycles. The van der Waals surface area contributed by atoms with Crippen LogP contribution in [0, 0.1) is 0 Å². The Bertz CT molecular complexity index is 667. The van der Waals surface area contributed by atoms with Gasteiger partial charge in [-0.3, -0.25) is 9.71 Å². The molecule has 0 spiro atoms. The summed E-state index contributed by atoms with van der Waals surface area (Å²) in [5, 5.41) is 12.3. The van der Waals surface area contributed by atoms with E-state index in [1.54, 1.807) is 36.4 Å². The van der Waals surface area contributed by atoms with Crippen molar-refractivity contribution in [3.63, 3.8) is 0 Å². The molecule has 0 saturated carbocycles. The molecule has 0 bridgehead atoms. The van der Waals surface area contributed by atoms with Crippen molar-refractivity contribution in [2.24, 2.45) is 0 Å². The summed E-state index contributed by atoms with van der Waals surface area (Å²) in [5.74, 6) is 0.130. The Balaban J connectivity index is 1.95. The number of aromatic nitrogens is 1. The first-order valence-electron chi connectivity index (χ1n) is 5.88. The maximum atomic E-state index is 11.1. The van der Waals surface area contributed by atoms with Crippen LogP contribution in [0.2, 0.25) is 0 Å². The molecule has 2 aromatic rings. The zero-order valence-corrected chi connectivity index (χ0v) is 11.7. The van der Waals surface area contributed by atoms with Crippen LogP contribution < -0.4 is 10.0 Å². The summed E-state index contributed by atoms with van der Waals surface area (Å²) in [6.45, 7) is 0.513. The van der Waals surface area contributed by atoms with Gasteiger partial charge in [0, 0.05) is 11.4 Å². The Morgan fingerprint density at radius 3 is 2.30 bits per heavy atom. The van der Waals surface area contributed by atoms with Crippen molar-refractivity contribution >= 4 is 21.4 Å². The number of nitrogens with one attached hydrogen (secondary N) is 2. The average Bonchev–Trinajstić information content (AvgIpc) is 2.38. The molecule has 6 nitrogen and oxygen atoms in total. The lowest BCUT2D eigenvalue weighted by atomic mass is 10.2. The highest BCUT2D eigenvalue weighted by Crippen LogP contribution is 2.15. The summed E-state index contributed by atoms with van der Waals surface area (Å²) in [5.41, 5.74) is 2.15. The number of aromatic hydroxyl groups is 1. The molecular formula is C13H15N3O3S. The number of benzene rings is 1. The zero-order chi connectivity index (χ0) is 14.6. The summed E-state index contributed by atoms with van der Waals surface area (Å²) in [4.78, 5) is 4.06. The quantitative estimate of drug-likeness (QED) is 0.781. The molecule has 0 aliphatic heterocycles. The number of sulfonamides is 1. The van der Waals surface area contributed by atoms with Crippen LogP contribution in [0.4, 0.5) is 11.4 Å². The molecule has 1 aromatic carbocycles. The second-order valence-corrected chi connectivity index (χ2v) is 6.06. The van der Waals surface area contributed by atoms with E-state index in [0.717, 1.165) is 17.6 Å². The van der Waals surface area contributed by atoms with Crippen molar-refractivity contribution in [3.8, 4) is 5.75 Å². The molecule has 106 valence electrons. The Morgan fingerprint density at radius 1 is 1.10 bits per heavy atom. The van der Waals surface area contributed by atoms with Gasteiger partial charge in [0.05, 0.1) is 24.7 Å². The number of anilines is 2. The van der Waals surface area contributed by atoms with Gasteiger partial charge in [-0.1, -0.05) is 0 Å². The first-order chi connectivity index (χ1) is 9.42. The predicted octanol–water partition coefficient (Wildman–Crippen LogP) is 1.77. The number of hydrogen-bond acceptors (Lipinski definition) is 5. The van der Waals surface area contributed by atoms with Crippen LogP contribution in [0.25, 0.3) is 0 Å². The van der Waals surface area contributed by atoms with Gasteiger partial charge >= 0.3 is 0 Å². The van der Waals surface area contributed by atoms with Crippen LogP contribution in [-0.4, -0.2) is 24.8 Å². The van der Waals surface area contributed by atoms with Crippen LogP contribution in [0.3, 0.4) is 0 Å². The minimum Gasteiger partial charge on any atom is -0.506 e. The van der Waals surface area contributed by atoms with Crippen molar-refractivity contribution in [1.29, 1.82) is 0 Å². The minimum atomic E-state index is -3.25. The topological polar surface area (TPSA) is 91.3 Å². The molecule has 0 atom stereocenters. The van der Waals surface area contributed by atoms with Gasteiger partial charge in [0.1, 0.15) is 5.75 Å². The number of pyridine rings is 1. The molecule has 2 rings (SSSR count). The first-order valence-corrected chi connectivity index (χ1v) is 7.77. The number of rotatable bonds is 5. The third kappa shape index (κ3) is 4.43. The molecular weight excluding hydrogens is 278 g/mol. The van der Waals surface area contributed by atoms with Crippen LogP contribution in [0.15, 0.2) is 42.6 Å². The van der Waals surface area contributed by atoms with E-state index in [0.29, 0.717) is 12.2 Å². The van der Waals surface area contributed by atoms with Crippen molar-refractivity contribution in [1.82, 2.24) is 4.98 Å². The van der Waals surface area contributed by atoms with E-state index in [4.69, 9.17) is 5.11 Å². The van der Waals surface area contributed by atoms with Gasteiger partial charge in [0.25, 0.3) is 0 Å². The first kappa shape index (κ1) is 14.1. The lowest BCUT2D eigenvalue weighted by molar-refractivity contribution is 0.472. The van der Waals surface area contributed by atoms with Gasteiger partial charge in [-0.15, -0.1) is 0 Å². The van der Waals surface area contributed by atoms with Crippen LogP contribution in [-0.2, 0) is 16.6 Å². The Morgan fingerprint density at radius 2 is 1.75 bits per heavy atom. The number of nitrogens with zero attached hydrogens (tertiary/aromatic N) is 1. The molecule has 0 radical (unpaired) electrons. The van der Waals surface area contributed by atoms with Gasteiger partial charge in [-0.25, -0.2) is 8.42 Å². The van der Waals surface area contributed by atoms with Crippen LogP contribution >= 0.6 is 0 Å². The number of hydrogen-bond donors (Lipinski definition) is 3. The maximum absolute atomic E-state index is 11.1. The molecule has 0 unspecified atom stereocenters. The zero-order valence-electron chi connectivity index (χ0n) is 10.9. The van der Waals surface area contributed by atoms with E-state index in [-0.39, 0.29) is 5.75 Å². The fourth-order valence-corrected chi connectivity index (χ4v) is 2.15. The highest BCUT2D eigenvalue weighted by molar-refractivity contribution is 7.92. The van der Waals surface area contributed by atoms with Gasteiger partial charge in [-0.2, -0.15) is 0 Å². The fraction of sp³-hybridized carbons (Fsp3) is 0.154. The highest BCUT2D eigenvalue weighted by atomic mass is 32.2. The van der Waals surface area contributed by atoms with E-state index >= 15 is 0 Å². The summed E-state index contributed by atoms with van der Waals surface area (Å²) in [7, 11) is -3.25. The van der Waals surface area contributed by atoms with Crippen molar-refractivity contribution in [3.05, 3.63) is 48.3 Å². The Kier molecular flexibility index (Phi) is 4.09. The van der Waals surface area contributed by atoms with Crippen molar-refractivity contribution < 1.29 is 13.5 Å². The Labute approximate surface area is 117 Å². The summed E-state index contributed by atoms with van der Waals surface area (Å²) >= 11 is 0. The van der Waals surface area contributed by atoms with E-state index in [1.165, 1.54) is 6.20 Å². The third-order valence-corrected chi connectivity index (χ3v) is 3.08. The largest absolute Gasteiger partial charge is 0.506 e. The van der Waals surface area contributed by atoms with Crippen LogP contribution in [0.5, 0.6) is 5.75 Å². The van der Waals surface area contributed by atoms with Crippen molar-refractivity contribution in [2.45, 2.75) is 6.54 Å². The lowest BCUT2D eigenvalue weighted by Crippen LogP contribution is -2.09. The average molecular weight is 293 g/mol. The second kappa shape index (κ2) is 5.79. The molecule has 0 amide bonds. The molecule has 1 heterocycles. The summed E-state index contributed by atoms with van der Waals surface area (Å²) < 4.78 is 24.5. The lowest BCUT2D eigenvalue weighted by Gasteiger charge is -2.08. The van der Waals surface area contributed by atoms with Gasteiger partial charge in [-0.05, 0) is 36.4 Å². The van der Waals surface area contributed by atoms with Gasteiger partial charge in [0.2, 0.25) is 10.0 Å². The maximum Gasteiger partial charge on any atom is 0.229 e. The summed E-state index contributed by atoms with van der Waals surface area (Å²) in [6.07, 6.45) is 2.49. The molecule has 0 saturated heterocycles.